The molecule has 0 bridgehead atoms. The first-order valence-corrected chi connectivity index (χ1v) is 17.6. The summed E-state index contributed by atoms with van der Waals surface area (Å²) in [6.07, 6.45) is 10.4. The number of aryl methyl sites for hydroxylation is 2. The van der Waals surface area contributed by atoms with Crippen LogP contribution in [0.3, 0.4) is 0 Å². The average Bonchev–Trinajstić information content (AvgIpc) is 3.54. The van der Waals surface area contributed by atoms with Gasteiger partial charge < -0.3 is 0 Å². The number of rotatable bonds is 5. The van der Waals surface area contributed by atoms with Gasteiger partial charge in [0.05, 0.1) is 5.69 Å². The molecule has 0 aliphatic heterocycles. The molecule has 3 heterocycles. The number of thiophene rings is 1. The molecule has 3 nitrogen and oxygen atoms in total. The average molecular weight is 648 g/mol. The fourth-order valence-corrected chi connectivity index (χ4v) is 8.53. The van der Waals surface area contributed by atoms with Crippen molar-refractivity contribution in [2.75, 3.05) is 0 Å². The minimum Gasteiger partial charge on any atom is -0.256 e. The van der Waals surface area contributed by atoms with Gasteiger partial charge in [-0.3, -0.25) is 4.98 Å². The highest BCUT2D eigenvalue weighted by atomic mass is 32.1. The molecule has 1 aliphatic rings. The summed E-state index contributed by atoms with van der Waals surface area (Å²) in [4.78, 5) is 16.0. The highest BCUT2D eigenvalue weighted by molar-refractivity contribution is 7.20. The lowest BCUT2D eigenvalue weighted by Crippen LogP contribution is -1.99. The largest absolute Gasteiger partial charge is 0.256 e. The third kappa shape index (κ3) is 5.26. The number of benzene rings is 5. The van der Waals surface area contributed by atoms with E-state index in [1.54, 1.807) is 0 Å². The molecule has 234 valence electrons. The van der Waals surface area contributed by atoms with Crippen molar-refractivity contribution in [2.45, 2.75) is 26.7 Å². The second-order valence-corrected chi connectivity index (χ2v) is 13.9. The Hall–Kier alpha value is -5.71. The minimum atomic E-state index is 0.741. The third-order valence-corrected chi connectivity index (χ3v) is 11.1. The molecular weight excluding hydrogens is 615 g/mol. The molecule has 4 heteroatoms. The number of nitrogens with zero attached hydrogens (tertiary/aromatic N) is 3. The highest BCUT2D eigenvalue weighted by Crippen LogP contribution is 2.42. The van der Waals surface area contributed by atoms with E-state index in [1.165, 1.54) is 59.1 Å². The predicted octanol–water partition coefficient (Wildman–Crippen LogP) is 11.9. The van der Waals surface area contributed by atoms with E-state index in [2.05, 4.69) is 135 Å². The first-order chi connectivity index (χ1) is 24.1. The summed E-state index contributed by atoms with van der Waals surface area (Å²) < 4.78 is 1.36. The number of allylic oxidation sites excluding steroid dienone is 1. The van der Waals surface area contributed by atoms with E-state index in [0.717, 1.165) is 52.2 Å². The van der Waals surface area contributed by atoms with Crippen LogP contribution < -0.4 is 0 Å². The van der Waals surface area contributed by atoms with Crippen molar-refractivity contribution in [1.29, 1.82) is 0 Å². The zero-order valence-corrected chi connectivity index (χ0v) is 28.3. The van der Waals surface area contributed by atoms with Gasteiger partial charge in [-0.25, -0.2) is 9.97 Å². The molecule has 9 rings (SSSR count). The van der Waals surface area contributed by atoms with Crippen molar-refractivity contribution in [2.24, 2.45) is 0 Å². The monoisotopic (exact) mass is 647 g/mol. The van der Waals surface area contributed by atoms with Gasteiger partial charge in [0.15, 0.2) is 5.82 Å². The van der Waals surface area contributed by atoms with Gasteiger partial charge in [-0.1, -0.05) is 97.1 Å². The third-order valence-electron chi connectivity index (χ3n) is 9.89. The predicted molar refractivity (Wildman–Crippen MR) is 206 cm³/mol. The maximum Gasteiger partial charge on any atom is 0.159 e. The minimum absolute atomic E-state index is 0.741. The molecule has 0 fully saturated rings. The Bertz CT molecular complexity index is 2560. The van der Waals surface area contributed by atoms with Gasteiger partial charge in [-0.2, -0.15) is 0 Å². The second-order valence-electron chi connectivity index (χ2n) is 12.9. The van der Waals surface area contributed by atoms with Gasteiger partial charge in [-0.15, -0.1) is 11.3 Å². The van der Waals surface area contributed by atoms with Gasteiger partial charge in [-0.05, 0) is 106 Å². The fourth-order valence-electron chi connectivity index (χ4n) is 7.23. The van der Waals surface area contributed by atoms with Crippen molar-refractivity contribution in [3.8, 4) is 44.8 Å². The van der Waals surface area contributed by atoms with Crippen LogP contribution in [0.2, 0.25) is 0 Å². The van der Waals surface area contributed by atoms with E-state index in [4.69, 9.17) is 15.0 Å². The first kappa shape index (κ1) is 29.4. The Labute approximate surface area is 290 Å². The molecule has 0 radical (unpaired) electrons. The summed E-state index contributed by atoms with van der Waals surface area (Å²) in [7, 11) is 0. The molecule has 8 aromatic rings. The van der Waals surface area contributed by atoms with Crippen LogP contribution in [0.4, 0.5) is 0 Å². The molecule has 0 saturated carbocycles. The van der Waals surface area contributed by atoms with E-state index in [1.807, 2.05) is 29.9 Å². The van der Waals surface area contributed by atoms with Crippen LogP contribution in [0, 0.1) is 13.8 Å². The number of hydrogen-bond donors (Lipinski definition) is 0. The first-order valence-electron chi connectivity index (χ1n) is 16.8. The van der Waals surface area contributed by atoms with Crippen molar-refractivity contribution >= 4 is 37.8 Å². The van der Waals surface area contributed by atoms with Gasteiger partial charge in [0.2, 0.25) is 0 Å². The maximum atomic E-state index is 4.96. The zero-order chi connectivity index (χ0) is 32.9. The Morgan fingerprint density at radius 3 is 2.02 bits per heavy atom. The zero-order valence-electron chi connectivity index (χ0n) is 27.4. The molecule has 1 aliphatic carbocycles. The number of hydrogen-bond acceptors (Lipinski definition) is 4. The van der Waals surface area contributed by atoms with Crippen molar-refractivity contribution in [1.82, 2.24) is 15.0 Å². The van der Waals surface area contributed by atoms with Gasteiger partial charge in [0.25, 0.3) is 0 Å². The van der Waals surface area contributed by atoms with Crippen LogP contribution in [0.1, 0.15) is 33.7 Å². The summed E-state index contributed by atoms with van der Waals surface area (Å²) in [5, 5.41) is 3.77. The molecule has 0 unspecified atom stereocenters. The number of pyridine rings is 1. The topological polar surface area (TPSA) is 38.7 Å². The summed E-state index contributed by atoms with van der Waals surface area (Å²) in [6, 6.07) is 41.3. The summed E-state index contributed by atoms with van der Waals surface area (Å²) in [6.45, 7) is 4.31. The van der Waals surface area contributed by atoms with Crippen LogP contribution in [-0.4, -0.2) is 15.0 Å². The number of fused-ring (bicyclic) bond motifs is 4. The van der Waals surface area contributed by atoms with E-state index < -0.39 is 0 Å². The van der Waals surface area contributed by atoms with Crippen molar-refractivity contribution in [3.05, 3.63) is 167 Å². The smallest absolute Gasteiger partial charge is 0.159 e. The quantitative estimate of drug-likeness (QED) is 0.187. The standard InChI is InChI=1S/C45H33N3S/c1-28-9-3-4-10-36(28)37-12-7-13-38(29(37)2)45-47-26-35(27-48-45)33-20-18-30-23-32(19-17-31(30)24-33)34-21-22-42(46-25-34)41-15-8-14-40-39-11-5-6-16-43(39)49-44(40)41/h3-7,9-13,15-27H,8,14H2,1-2H3. The maximum absolute atomic E-state index is 4.96. The lowest BCUT2D eigenvalue weighted by molar-refractivity contribution is 0.995. The lowest BCUT2D eigenvalue weighted by Gasteiger charge is -2.14. The van der Waals surface area contributed by atoms with Crippen LogP contribution in [0.15, 0.2) is 140 Å². The fraction of sp³-hybridized carbons (Fsp3) is 0.0889. The van der Waals surface area contributed by atoms with Crippen molar-refractivity contribution in [3.63, 3.8) is 0 Å². The van der Waals surface area contributed by atoms with Crippen LogP contribution in [0.25, 0.3) is 71.2 Å². The molecule has 3 aromatic heterocycles. The van der Waals surface area contributed by atoms with E-state index in [9.17, 15) is 0 Å². The molecule has 0 saturated heterocycles. The van der Waals surface area contributed by atoms with E-state index in [0.29, 0.717) is 0 Å². The summed E-state index contributed by atoms with van der Waals surface area (Å²) in [5.74, 6) is 0.741. The lowest BCUT2D eigenvalue weighted by atomic mass is 9.93. The Morgan fingerprint density at radius 1 is 0.571 bits per heavy atom. The molecule has 49 heavy (non-hydrogen) atoms. The van der Waals surface area contributed by atoms with E-state index >= 15 is 0 Å². The molecular formula is C45H33N3S. The molecule has 0 atom stereocenters. The molecule has 0 amide bonds. The van der Waals surface area contributed by atoms with Crippen LogP contribution in [0.5, 0.6) is 0 Å². The molecule has 0 spiro atoms. The second kappa shape index (κ2) is 12.1. The normalized spacial score (nSPS) is 12.7. The van der Waals surface area contributed by atoms with Gasteiger partial charge in [0.1, 0.15) is 0 Å². The Balaban J connectivity index is 0.962. The van der Waals surface area contributed by atoms with E-state index in [-0.39, 0.29) is 0 Å². The Morgan fingerprint density at radius 2 is 1.24 bits per heavy atom. The van der Waals surface area contributed by atoms with Gasteiger partial charge >= 0.3 is 0 Å². The van der Waals surface area contributed by atoms with Crippen LogP contribution >= 0.6 is 11.3 Å². The number of aromatic nitrogens is 3. The SMILES string of the molecule is Cc1ccccc1-c1cccc(-c2ncc(-c3ccc4cc(-c5ccc(C6=CCCc7c6sc6ccccc76)nc5)ccc4c3)cn2)c1C. The summed E-state index contributed by atoms with van der Waals surface area (Å²) >= 11 is 1.89. The molecule has 5 aromatic carbocycles. The highest BCUT2D eigenvalue weighted by Gasteiger charge is 2.20. The van der Waals surface area contributed by atoms with Crippen LogP contribution in [-0.2, 0) is 6.42 Å². The molecule has 0 N–H and O–H groups in total. The Kier molecular flexibility index (Phi) is 7.25. The van der Waals surface area contributed by atoms with Gasteiger partial charge in [0, 0.05) is 50.4 Å². The van der Waals surface area contributed by atoms with Crippen molar-refractivity contribution < 1.29 is 0 Å². The summed E-state index contributed by atoms with van der Waals surface area (Å²) in [5.41, 5.74) is 14.1.